The number of fused-ring (bicyclic) bond motifs is 3. The monoisotopic (exact) mass is 278 g/mol. The molecule has 0 bridgehead atoms. The Bertz CT molecular complexity index is 712. The van der Waals surface area contributed by atoms with Gasteiger partial charge in [-0.15, -0.1) is 0 Å². The van der Waals surface area contributed by atoms with Gasteiger partial charge in [0.05, 0.1) is 5.54 Å². The van der Waals surface area contributed by atoms with Crippen LogP contribution in [0.1, 0.15) is 29.5 Å². The zero-order chi connectivity index (χ0) is 14.5. The molecule has 1 aliphatic carbocycles. The van der Waals surface area contributed by atoms with Crippen molar-refractivity contribution in [3.05, 3.63) is 71.3 Å². The SMILES string of the molecule is N[C@@]12CCC(=O)N[C@]1(c1ccccc1)c1ccccc1C2. The van der Waals surface area contributed by atoms with Crippen LogP contribution in [0.2, 0.25) is 0 Å². The van der Waals surface area contributed by atoms with Crippen LogP contribution in [0.25, 0.3) is 0 Å². The molecule has 3 N–H and O–H groups in total. The molecule has 0 spiro atoms. The molecule has 1 aliphatic heterocycles. The van der Waals surface area contributed by atoms with Gasteiger partial charge in [0, 0.05) is 6.42 Å². The zero-order valence-corrected chi connectivity index (χ0v) is 11.8. The fourth-order valence-electron chi connectivity index (χ4n) is 4.06. The standard InChI is InChI=1S/C18H18N2O/c19-17-11-10-16(21)20-18(17,14-7-2-1-3-8-14)15-9-5-4-6-13(15)12-17/h1-9H,10-12,19H2,(H,20,21)/t17-,18-/m1/s1. The first kappa shape index (κ1) is 12.6. The molecule has 1 heterocycles. The highest BCUT2D eigenvalue weighted by Gasteiger charge is 2.59. The summed E-state index contributed by atoms with van der Waals surface area (Å²) in [5, 5.41) is 3.24. The molecule has 3 nitrogen and oxygen atoms in total. The molecule has 1 fully saturated rings. The Morgan fingerprint density at radius 1 is 1.00 bits per heavy atom. The topological polar surface area (TPSA) is 55.1 Å². The van der Waals surface area contributed by atoms with Crippen LogP contribution in [0.5, 0.6) is 0 Å². The van der Waals surface area contributed by atoms with Crippen LogP contribution >= 0.6 is 0 Å². The summed E-state index contributed by atoms with van der Waals surface area (Å²) in [6.07, 6.45) is 2.01. The quantitative estimate of drug-likeness (QED) is 0.839. The summed E-state index contributed by atoms with van der Waals surface area (Å²) in [5.74, 6) is 0.0802. The van der Waals surface area contributed by atoms with E-state index in [0.717, 1.165) is 17.5 Å². The second-order valence-electron chi connectivity index (χ2n) is 6.15. The minimum absolute atomic E-state index is 0.0802. The molecule has 4 rings (SSSR count). The van der Waals surface area contributed by atoms with E-state index in [-0.39, 0.29) is 5.91 Å². The number of hydrogen-bond acceptors (Lipinski definition) is 2. The van der Waals surface area contributed by atoms with E-state index < -0.39 is 11.1 Å². The van der Waals surface area contributed by atoms with E-state index in [0.29, 0.717) is 12.8 Å². The van der Waals surface area contributed by atoms with E-state index >= 15 is 0 Å². The van der Waals surface area contributed by atoms with Gasteiger partial charge in [-0.1, -0.05) is 54.6 Å². The first-order valence-corrected chi connectivity index (χ1v) is 7.40. The van der Waals surface area contributed by atoms with E-state index in [1.54, 1.807) is 0 Å². The maximum atomic E-state index is 12.2. The van der Waals surface area contributed by atoms with Crippen LogP contribution in [0.15, 0.2) is 54.6 Å². The van der Waals surface area contributed by atoms with Gasteiger partial charge in [-0.2, -0.15) is 0 Å². The lowest BCUT2D eigenvalue weighted by Crippen LogP contribution is -2.68. The fourth-order valence-corrected chi connectivity index (χ4v) is 4.06. The summed E-state index contributed by atoms with van der Waals surface area (Å²) in [6, 6.07) is 18.4. The van der Waals surface area contributed by atoms with E-state index in [4.69, 9.17) is 5.73 Å². The lowest BCUT2D eigenvalue weighted by molar-refractivity contribution is -0.126. The third-order valence-corrected chi connectivity index (χ3v) is 5.01. The highest BCUT2D eigenvalue weighted by Crippen LogP contribution is 2.51. The molecule has 0 aromatic heterocycles. The smallest absolute Gasteiger partial charge is 0.221 e. The molecule has 3 heteroatoms. The molecule has 1 saturated heterocycles. The summed E-state index contributed by atoms with van der Waals surface area (Å²) in [5.41, 5.74) is 9.24. The average molecular weight is 278 g/mol. The normalized spacial score (nSPS) is 30.4. The van der Waals surface area contributed by atoms with Crippen molar-refractivity contribution in [3.8, 4) is 0 Å². The summed E-state index contributed by atoms with van der Waals surface area (Å²) in [6.45, 7) is 0. The average Bonchev–Trinajstić information content (AvgIpc) is 2.78. The molecule has 0 radical (unpaired) electrons. The van der Waals surface area contributed by atoms with Crippen molar-refractivity contribution in [2.24, 2.45) is 5.73 Å². The van der Waals surface area contributed by atoms with Gasteiger partial charge in [-0.05, 0) is 29.5 Å². The second kappa shape index (κ2) is 4.18. The first-order valence-electron chi connectivity index (χ1n) is 7.40. The van der Waals surface area contributed by atoms with Crippen molar-refractivity contribution in [1.82, 2.24) is 5.32 Å². The molecule has 1 amide bonds. The molecule has 21 heavy (non-hydrogen) atoms. The Labute approximate surface area is 124 Å². The predicted molar refractivity (Wildman–Crippen MR) is 81.7 cm³/mol. The molecule has 106 valence electrons. The number of benzene rings is 2. The maximum absolute atomic E-state index is 12.2. The number of piperidine rings is 1. The molecule has 2 aromatic rings. The fraction of sp³-hybridized carbons (Fsp3) is 0.278. The van der Waals surface area contributed by atoms with Crippen LogP contribution in [-0.4, -0.2) is 11.4 Å². The van der Waals surface area contributed by atoms with Crippen LogP contribution < -0.4 is 11.1 Å². The Morgan fingerprint density at radius 2 is 1.71 bits per heavy atom. The van der Waals surface area contributed by atoms with Gasteiger partial charge >= 0.3 is 0 Å². The highest BCUT2D eigenvalue weighted by atomic mass is 16.1. The third-order valence-electron chi connectivity index (χ3n) is 5.01. The van der Waals surface area contributed by atoms with Crippen molar-refractivity contribution in [3.63, 3.8) is 0 Å². The largest absolute Gasteiger partial charge is 0.341 e. The van der Waals surface area contributed by atoms with Crippen LogP contribution in [0.3, 0.4) is 0 Å². The molecular formula is C18H18N2O. The zero-order valence-electron chi connectivity index (χ0n) is 11.8. The van der Waals surface area contributed by atoms with Gasteiger partial charge in [-0.25, -0.2) is 0 Å². The summed E-state index contributed by atoms with van der Waals surface area (Å²) < 4.78 is 0. The number of carbonyl (C=O) groups excluding carboxylic acids is 1. The van der Waals surface area contributed by atoms with Crippen molar-refractivity contribution in [2.45, 2.75) is 30.3 Å². The molecule has 0 unspecified atom stereocenters. The van der Waals surface area contributed by atoms with Crippen molar-refractivity contribution in [1.29, 1.82) is 0 Å². The highest BCUT2D eigenvalue weighted by molar-refractivity contribution is 5.81. The Hall–Kier alpha value is -2.13. The maximum Gasteiger partial charge on any atom is 0.221 e. The molecule has 2 aromatic carbocycles. The van der Waals surface area contributed by atoms with E-state index in [1.165, 1.54) is 5.56 Å². The van der Waals surface area contributed by atoms with Crippen LogP contribution in [0, 0.1) is 0 Å². The number of nitrogens with two attached hydrogens (primary N) is 1. The van der Waals surface area contributed by atoms with Crippen LogP contribution in [-0.2, 0) is 16.8 Å². The molecular weight excluding hydrogens is 260 g/mol. The van der Waals surface area contributed by atoms with Crippen molar-refractivity contribution < 1.29 is 4.79 Å². The van der Waals surface area contributed by atoms with E-state index in [2.05, 4.69) is 29.6 Å². The Morgan fingerprint density at radius 3 is 2.52 bits per heavy atom. The summed E-state index contributed by atoms with van der Waals surface area (Å²) in [7, 11) is 0. The second-order valence-corrected chi connectivity index (χ2v) is 6.15. The molecule has 2 aliphatic rings. The predicted octanol–water partition coefficient (Wildman–Crippen LogP) is 2.09. The number of carbonyl (C=O) groups is 1. The van der Waals surface area contributed by atoms with Crippen LogP contribution in [0.4, 0.5) is 0 Å². The van der Waals surface area contributed by atoms with E-state index in [9.17, 15) is 4.79 Å². The molecule has 2 atom stereocenters. The van der Waals surface area contributed by atoms with Gasteiger partial charge < -0.3 is 11.1 Å². The minimum atomic E-state index is -0.597. The van der Waals surface area contributed by atoms with Crippen molar-refractivity contribution in [2.75, 3.05) is 0 Å². The lowest BCUT2D eigenvalue weighted by Gasteiger charge is -2.48. The number of rotatable bonds is 1. The minimum Gasteiger partial charge on any atom is -0.341 e. The van der Waals surface area contributed by atoms with Gasteiger partial charge in [-0.3, -0.25) is 4.79 Å². The van der Waals surface area contributed by atoms with Crippen molar-refractivity contribution >= 4 is 5.91 Å². The Kier molecular flexibility index (Phi) is 2.51. The Balaban J connectivity index is 2.03. The van der Waals surface area contributed by atoms with Gasteiger partial charge in [0.25, 0.3) is 0 Å². The third kappa shape index (κ3) is 1.55. The number of nitrogens with one attached hydrogen (secondary N) is 1. The summed E-state index contributed by atoms with van der Waals surface area (Å²) in [4.78, 5) is 12.2. The van der Waals surface area contributed by atoms with Gasteiger partial charge in [0.1, 0.15) is 5.54 Å². The summed E-state index contributed by atoms with van der Waals surface area (Å²) >= 11 is 0. The van der Waals surface area contributed by atoms with Gasteiger partial charge in [0.15, 0.2) is 0 Å². The number of amides is 1. The molecule has 0 saturated carbocycles. The van der Waals surface area contributed by atoms with Gasteiger partial charge in [0.2, 0.25) is 5.91 Å². The number of hydrogen-bond donors (Lipinski definition) is 2. The lowest BCUT2D eigenvalue weighted by atomic mass is 9.68. The van der Waals surface area contributed by atoms with E-state index in [1.807, 2.05) is 30.3 Å². The first-order chi connectivity index (χ1) is 10.2.